The van der Waals surface area contributed by atoms with Gasteiger partial charge in [-0.25, -0.2) is 0 Å². The largest absolute Gasteiger partial charge is 0.302 e. The van der Waals surface area contributed by atoms with Gasteiger partial charge in [0.15, 0.2) is 0 Å². The molecule has 0 aromatic heterocycles. The zero-order chi connectivity index (χ0) is 9.52. The third-order valence-corrected chi connectivity index (χ3v) is 1.89. The second kappa shape index (κ2) is 5.34. The summed E-state index contributed by atoms with van der Waals surface area (Å²) in [5, 5.41) is 11.9. The van der Waals surface area contributed by atoms with Crippen molar-refractivity contribution in [3.63, 3.8) is 0 Å². The normalized spacial score (nSPS) is 12.0. The molecule has 13 heavy (non-hydrogen) atoms. The Morgan fingerprint density at radius 1 is 1.38 bits per heavy atom. The molecule has 0 fully saturated rings. The van der Waals surface area contributed by atoms with Crippen molar-refractivity contribution in [2.75, 3.05) is 6.54 Å². The van der Waals surface area contributed by atoms with Crippen LogP contribution in [0.2, 0.25) is 0 Å². The van der Waals surface area contributed by atoms with Gasteiger partial charge in [-0.1, -0.05) is 37.3 Å². The van der Waals surface area contributed by atoms with Crippen LogP contribution >= 0.6 is 0 Å². The van der Waals surface area contributed by atoms with Crippen LogP contribution in [0.5, 0.6) is 0 Å². The minimum absolute atomic E-state index is 0.0626. The molecule has 0 aliphatic rings. The molecule has 1 atom stereocenters. The van der Waals surface area contributed by atoms with Gasteiger partial charge in [0.25, 0.3) is 0 Å². The van der Waals surface area contributed by atoms with Crippen molar-refractivity contribution in [1.29, 1.82) is 5.26 Å². The molecular weight excluding hydrogens is 160 g/mol. The molecule has 2 nitrogen and oxygen atoms in total. The predicted octanol–water partition coefficient (Wildman–Crippen LogP) is 1.73. The van der Waals surface area contributed by atoms with Gasteiger partial charge >= 0.3 is 0 Å². The van der Waals surface area contributed by atoms with Crippen LogP contribution in [-0.2, 0) is 6.42 Å². The van der Waals surface area contributed by atoms with Gasteiger partial charge in [0.1, 0.15) is 0 Å². The summed E-state index contributed by atoms with van der Waals surface area (Å²) >= 11 is 0. The molecule has 1 rings (SSSR count). The van der Waals surface area contributed by atoms with E-state index in [1.165, 1.54) is 5.56 Å². The average Bonchev–Trinajstić information content (AvgIpc) is 2.19. The van der Waals surface area contributed by atoms with E-state index in [0.29, 0.717) is 0 Å². The zero-order valence-electron chi connectivity index (χ0n) is 7.83. The van der Waals surface area contributed by atoms with Crippen molar-refractivity contribution in [3.8, 4) is 6.07 Å². The first-order valence-corrected chi connectivity index (χ1v) is 4.53. The maximum atomic E-state index is 8.81. The molecule has 0 aliphatic heterocycles. The first kappa shape index (κ1) is 9.76. The van der Waals surface area contributed by atoms with Gasteiger partial charge in [0.2, 0.25) is 0 Å². The third-order valence-electron chi connectivity index (χ3n) is 1.89. The number of nitriles is 1. The first-order chi connectivity index (χ1) is 6.36. The molecule has 0 spiro atoms. The van der Waals surface area contributed by atoms with E-state index in [4.69, 9.17) is 5.26 Å². The highest BCUT2D eigenvalue weighted by molar-refractivity contribution is 5.17. The van der Waals surface area contributed by atoms with Crippen LogP contribution in [0.3, 0.4) is 0 Å². The molecule has 0 bridgehead atoms. The highest BCUT2D eigenvalue weighted by Gasteiger charge is 2.04. The number of nitrogens with zero attached hydrogens (tertiary/aromatic N) is 1. The minimum atomic E-state index is -0.0626. The van der Waals surface area contributed by atoms with E-state index in [1.807, 2.05) is 37.3 Å². The zero-order valence-corrected chi connectivity index (χ0v) is 7.83. The summed E-state index contributed by atoms with van der Waals surface area (Å²) in [6.45, 7) is 2.85. The lowest BCUT2D eigenvalue weighted by atomic mass is 10.1. The van der Waals surface area contributed by atoms with Gasteiger partial charge in [0, 0.05) is 6.42 Å². The second-order valence-corrected chi connectivity index (χ2v) is 2.93. The molecule has 2 heteroatoms. The summed E-state index contributed by atoms with van der Waals surface area (Å²) in [5.41, 5.74) is 1.20. The smallest absolute Gasteiger partial charge is 0.0993 e. The Kier molecular flexibility index (Phi) is 4.01. The van der Waals surface area contributed by atoms with Crippen LogP contribution in [0.15, 0.2) is 30.3 Å². The van der Waals surface area contributed by atoms with Crippen LogP contribution in [0, 0.1) is 11.3 Å². The molecule has 1 unspecified atom stereocenters. The summed E-state index contributed by atoms with van der Waals surface area (Å²) < 4.78 is 0. The van der Waals surface area contributed by atoms with Crippen molar-refractivity contribution in [3.05, 3.63) is 35.9 Å². The maximum absolute atomic E-state index is 8.81. The maximum Gasteiger partial charge on any atom is 0.0993 e. The van der Waals surface area contributed by atoms with Gasteiger partial charge in [-0.05, 0) is 12.1 Å². The van der Waals surface area contributed by atoms with Gasteiger partial charge in [-0.2, -0.15) is 5.26 Å². The topological polar surface area (TPSA) is 35.8 Å². The first-order valence-electron chi connectivity index (χ1n) is 4.53. The molecule has 0 heterocycles. The molecule has 1 aromatic rings. The second-order valence-electron chi connectivity index (χ2n) is 2.93. The van der Waals surface area contributed by atoms with Crippen LogP contribution in [0.25, 0.3) is 0 Å². The molecule has 0 aliphatic carbocycles. The summed E-state index contributed by atoms with van der Waals surface area (Å²) in [7, 11) is 0. The number of rotatable bonds is 4. The average molecular weight is 174 g/mol. The molecule has 0 saturated heterocycles. The molecule has 0 saturated carbocycles. The molecule has 68 valence electrons. The third kappa shape index (κ3) is 3.27. The fraction of sp³-hybridized carbons (Fsp3) is 0.364. The Bertz CT molecular complexity index is 274. The van der Waals surface area contributed by atoms with Crippen molar-refractivity contribution >= 4 is 0 Å². The van der Waals surface area contributed by atoms with Gasteiger partial charge < -0.3 is 5.32 Å². The lowest BCUT2D eigenvalue weighted by molar-refractivity contribution is 0.622. The van der Waals surface area contributed by atoms with Crippen molar-refractivity contribution in [1.82, 2.24) is 5.32 Å². The van der Waals surface area contributed by atoms with Crippen molar-refractivity contribution in [2.24, 2.45) is 0 Å². The number of hydrogen-bond donors (Lipinski definition) is 1. The highest BCUT2D eigenvalue weighted by atomic mass is 14.9. The fourth-order valence-corrected chi connectivity index (χ4v) is 1.26. The van der Waals surface area contributed by atoms with E-state index < -0.39 is 0 Å². The molecular formula is C11H14N2. The predicted molar refractivity (Wildman–Crippen MR) is 53.2 cm³/mol. The van der Waals surface area contributed by atoms with E-state index in [-0.39, 0.29) is 6.04 Å². The van der Waals surface area contributed by atoms with Gasteiger partial charge in [-0.15, -0.1) is 0 Å². The quantitative estimate of drug-likeness (QED) is 0.754. The number of hydrogen-bond acceptors (Lipinski definition) is 2. The molecule has 1 aromatic carbocycles. The molecule has 0 amide bonds. The van der Waals surface area contributed by atoms with Crippen LogP contribution in [0.4, 0.5) is 0 Å². The van der Waals surface area contributed by atoms with Crippen molar-refractivity contribution in [2.45, 2.75) is 19.4 Å². The summed E-state index contributed by atoms with van der Waals surface area (Å²) in [6, 6.07) is 12.2. The monoisotopic (exact) mass is 174 g/mol. The number of benzene rings is 1. The molecule has 1 N–H and O–H groups in total. The SMILES string of the molecule is CCNC(C#N)Cc1ccccc1. The molecule has 0 radical (unpaired) electrons. The summed E-state index contributed by atoms with van der Waals surface area (Å²) in [6.07, 6.45) is 0.783. The fourth-order valence-electron chi connectivity index (χ4n) is 1.26. The van der Waals surface area contributed by atoms with E-state index in [1.54, 1.807) is 0 Å². The Balaban J connectivity index is 2.53. The Morgan fingerprint density at radius 3 is 2.62 bits per heavy atom. The summed E-state index contributed by atoms with van der Waals surface area (Å²) in [4.78, 5) is 0. The van der Waals surface area contributed by atoms with Crippen LogP contribution in [0.1, 0.15) is 12.5 Å². The number of nitrogens with one attached hydrogen (secondary N) is 1. The van der Waals surface area contributed by atoms with E-state index in [2.05, 4.69) is 11.4 Å². The highest BCUT2D eigenvalue weighted by Crippen LogP contribution is 2.02. The van der Waals surface area contributed by atoms with Crippen LogP contribution < -0.4 is 5.32 Å². The van der Waals surface area contributed by atoms with E-state index >= 15 is 0 Å². The Morgan fingerprint density at radius 2 is 2.08 bits per heavy atom. The lowest BCUT2D eigenvalue weighted by Crippen LogP contribution is -2.29. The standard InChI is InChI=1S/C11H14N2/c1-2-13-11(9-12)8-10-6-4-3-5-7-10/h3-7,11,13H,2,8H2,1H3. The Hall–Kier alpha value is -1.33. The van der Waals surface area contributed by atoms with E-state index in [0.717, 1.165) is 13.0 Å². The lowest BCUT2D eigenvalue weighted by Gasteiger charge is -2.08. The minimum Gasteiger partial charge on any atom is -0.302 e. The van der Waals surface area contributed by atoms with E-state index in [9.17, 15) is 0 Å². The van der Waals surface area contributed by atoms with Crippen molar-refractivity contribution < 1.29 is 0 Å². The van der Waals surface area contributed by atoms with Gasteiger partial charge in [-0.3, -0.25) is 0 Å². The summed E-state index contributed by atoms with van der Waals surface area (Å²) in [5.74, 6) is 0. The van der Waals surface area contributed by atoms with Crippen LogP contribution in [-0.4, -0.2) is 12.6 Å². The number of likely N-dealkylation sites (N-methyl/N-ethyl adjacent to an activating group) is 1. The van der Waals surface area contributed by atoms with Gasteiger partial charge in [0.05, 0.1) is 12.1 Å². The Labute approximate surface area is 79.2 Å².